The molecule has 0 aliphatic carbocycles. The quantitative estimate of drug-likeness (QED) is 0.771. The number of carbonyl (C=O) groups excluding carboxylic acids is 1. The van der Waals surface area contributed by atoms with Crippen LogP contribution in [-0.2, 0) is 11.3 Å². The van der Waals surface area contributed by atoms with Crippen LogP contribution in [0.4, 0.5) is 4.79 Å². The van der Waals surface area contributed by atoms with Gasteiger partial charge in [0, 0.05) is 13.7 Å². The Morgan fingerprint density at radius 3 is 3.10 bits per heavy atom. The van der Waals surface area contributed by atoms with Gasteiger partial charge in [-0.1, -0.05) is 23.1 Å². The highest BCUT2D eigenvalue weighted by atomic mass is 32.2. The normalized spacial score (nSPS) is 22.2. The molecule has 0 radical (unpaired) electrons. The van der Waals surface area contributed by atoms with E-state index in [0.717, 1.165) is 9.35 Å². The fourth-order valence-electron chi connectivity index (χ4n) is 2.14. The number of hydrogen-bond acceptors (Lipinski definition) is 7. The zero-order valence-corrected chi connectivity index (χ0v) is 13.0. The van der Waals surface area contributed by atoms with Crippen LogP contribution in [0.3, 0.4) is 0 Å². The molecule has 9 heteroatoms. The summed E-state index contributed by atoms with van der Waals surface area (Å²) in [5.74, 6) is 0. The number of amides is 2. The van der Waals surface area contributed by atoms with Gasteiger partial charge in [-0.05, 0) is 12.7 Å². The van der Waals surface area contributed by atoms with Gasteiger partial charge in [0.05, 0.1) is 25.3 Å². The first-order valence-corrected chi connectivity index (χ1v) is 8.26. The third-order valence-corrected chi connectivity index (χ3v) is 4.92. The molecular formula is C11H18N4O3S2. The predicted octanol–water partition coefficient (Wildman–Crippen LogP) is 0.551. The van der Waals surface area contributed by atoms with E-state index >= 15 is 0 Å². The number of methoxy groups -OCH3 is 1. The van der Waals surface area contributed by atoms with E-state index in [9.17, 15) is 9.90 Å². The molecule has 1 aliphatic rings. The Labute approximate surface area is 125 Å². The van der Waals surface area contributed by atoms with Crippen molar-refractivity contribution in [1.29, 1.82) is 0 Å². The van der Waals surface area contributed by atoms with E-state index in [0.29, 0.717) is 26.1 Å². The summed E-state index contributed by atoms with van der Waals surface area (Å²) in [6, 6.07) is -0.282. The van der Waals surface area contributed by atoms with Gasteiger partial charge in [-0.2, -0.15) is 0 Å². The molecule has 1 saturated heterocycles. The molecule has 0 saturated carbocycles. The predicted molar refractivity (Wildman–Crippen MR) is 76.9 cm³/mol. The first-order chi connectivity index (χ1) is 9.63. The zero-order chi connectivity index (χ0) is 14.5. The maximum absolute atomic E-state index is 12.1. The summed E-state index contributed by atoms with van der Waals surface area (Å²) < 4.78 is 5.96. The molecular weight excluding hydrogens is 300 g/mol. The van der Waals surface area contributed by atoms with Gasteiger partial charge in [-0.25, -0.2) is 4.79 Å². The Morgan fingerprint density at radius 2 is 2.45 bits per heavy atom. The van der Waals surface area contributed by atoms with Crippen LogP contribution in [0.15, 0.2) is 4.34 Å². The number of rotatable bonds is 5. The Morgan fingerprint density at radius 1 is 1.65 bits per heavy atom. The molecule has 2 amide bonds. The number of likely N-dealkylation sites (tertiary alicyclic amines) is 1. The molecule has 20 heavy (non-hydrogen) atoms. The fourth-order valence-corrected chi connectivity index (χ4v) is 3.39. The van der Waals surface area contributed by atoms with Crippen LogP contribution in [0.5, 0.6) is 0 Å². The number of nitrogens with zero attached hydrogens (tertiary/aromatic N) is 3. The van der Waals surface area contributed by atoms with Crippen LogP contribution in [0.25, 0.3) is 0 Å². The SMILES string of the molecule is COC[C@@H]1C[C@@H](O)CN1C(=O)NCc1nnc(SC)s1. The molecule has 1 aromatic heterocycles. The van der Waals surface area contributed by atoms with E-state index in [2.05, 4.69) is 15.5 Å². The number of aliphatic hydroxyl groups is 1. The van der Waals surface area contributed by atoms with Gasteiger partial charge in [-0.3, -0.25) is 0 Å². The number of β-amino-alcohol motifs (C(OH)–C–C–N with tert-alkyl or cyclic N) is 1. The first-order valence-electron chi connectivity index (χ1n) is 6.22. The number of aliphatic hydroxyl groups excluding tert-OH is 1. The van der Waals surface area contributed by atoms with Crippen LogP contribution >= 0.6 is 23.1 Å². The van der Waals surface area contributed by atoms with E-state index < -0.39 is 6.10 Å². The van der Waals surface area contributed by atoms with E-state index in [4.69, 9.17) is 4.74 Å². The minimum atomic E-state index is -0.481. The highest BCUT2D eigenvalue weighted by molar-refractivity contribution is 8.00. The summed E-state index contributed by atoms with van der Waals surface area (Å²) in [5, 5.41) is 21.2. The Kier molecular flexibility index (Phi) is 5.58. The third kappa shape index (κ3) is 3.81. The number of hydrogen-bond donors (Lipinski definition) is 2. The minimum absolute atomic E-state index is 0.0776. The average molecular weight is 318 g/mol. The van der Waals surface area contributed by atoms with Gasteiger partial charge in [0.25, 0.3) is 0 Å². The lowest BCUT2D eigenvalue weighted by molar-refractivity contribution is 0.123. The molecule has 0 unspecified atom stereocenters. The summed E-state index contributed by atoms with van der Waals surface area (Å²) in [4.78, 5) is 13.7. The standard InChI is InChI=1S/C11H18N4O3S2/c1-18-6-7-3-8(16)5-15(7)10(17)12-4-9-13-14-11(19-2)20-9/h7-8,16H,3-6H2,1-2H3,(H,12,17)/t7-,8+/m0/s1. The molecule has 2 atom stereocenters. The summed E-state index contributed by atoms with van der Waals surface area (Å²) in [7, 11) is 1.59. The highest BCUT2D eigenvalue weighted by Gasteiger charge is 2.34. The number of thioether (sulfide) groups is 1. The molecule has 1 fully saturated rings. The monoisotopic (exact) mass is 318 g/mol. The molecule has 112 valence electrons. The van der Waals surface area contributed by atoms with Crippen molar-refractivity contribution in [3.05, 3.63) is 5.01 Å². The van der Waals surface area contributed by atoms with Gasteiger partial charge < -0.3 is 20.1 Å². The van der Waals surface area contributed by atoms with Gasteiger partial charge >= 0.3 is 6.03 Å². The summed E-state index contributed by atoms with van der Waals surface area (Å²) >= 11 is 2.99. The second-order valence-electron chi connectivity index (χ2n) is 4.48. The number of carbonyl (C=O) groups is 1. The van der Waals surface area contributed by atoms with E-state index in [1.54, 1.807) is 12.0 Å². The van der Waals surface area contributed by atoms with Crippen molar-refractivity contribution in [2.45, 2.75) is 29.5 Å². The fraction of sp³-hybridized carbons (Fsp3) is 0.727. The summed E-state index contributed by atoms with van der Waals surface area (Å²) in [5.41, 5.74) is 0. The molecule has 1 aliphatic heterocycles. The minimum Gasteiger partial charge on any atom is -0.391 e. The lowest BCUT2D eigenvalue weighted by atomic mass is 10.2. The Bertz CT molecular complexity index is 457. The maximum atomic E-state index is 12.1. The lowest BCUT2D eigenvalue weighted by Gasteiger charge is -2.23. The second kappa shape index (κ2) is 7.21. The van der Waals surface area contributed by atoms with E-state index in [1.165, 1.54) is 23.1 Å². The van der Waals surface area contributed by atoms with Gasteiger partial charge in [0.2, 0.25) is 0 Å². The molecule has 2 rings (SSSR count). The number of nitrogens with one attached hydrogen (secondary N) is 1. The van der Waals surface area contributed by atoms with Crippen LogP contribution < -0.4 is 5.32 Å². The van der Waals surface area contributed by atoms with Crippen molar-refractivity contribution in [3.8, 4) is 0 Å². The molecule has 0 aromatic carbocycles. The summed E-state index contributed by atoms with van der Waals surface area (Å²) in [6.07, 6.45) is 2.01. The molecule has 2 N–H and O–H groups in total. The number of ether oxygens (including phenoxy) is 1. The van der Waals surface area contributed by atoms with Crippen LogP contribution in [0.2, 0.25) is 0 Å². The molecule has 2 heterocycles. The zero-order valence-electron chi connectivity index (χ0n) is 11.4. The van der Waals surface area contributed by atoms with E-state index in [-0.39, 0.29) is 12.1 Å². The van der Waals surface area contributed by atoms with Crippen molar-refractivity contribution in [2.75, 3.05) is 26.5 Å². The molecule has 7 nitrogen and oxygen atoms in total. The van der Waals surface area contributed by atoms with Crippen molar-refractivity contribution in [3.63, 3.8) is 0 Å². The topological polar surface area (TPSA) is 87.6 Å². The average Bonchev–Trinajstić information content (AvgIpc) is 3.03. The largest absolute Gasteiger partial charge is 0.391 e. The maximum Gasteiger partial charge on any atom is 0.318 e. The van der Waals surface area contributed by atoms with Gasteiger partial charge in [0.1, 0.15) is 5.01 Å². The Hall–Kier alpha value is -0.900. The van der Waals surface area contributed by atoms with Gasteiger partial charge in [0.15, 0.2) is 4.34 Å². The summed E-state index contributed by atoms with van der Waals surface area (Å²) in [6.45, 7) is 1.12. The van der Waals surface area contributed by atoms with Crippen molar-refractivity contribution in [1.82, 2.24) is 20.4 Å². The van der Waals surface area contributed by atoms with Crippen LogP contribution in [0.1, 0.15) is 11.4 Å². The van der Waals surface area contributed by atoms with E-state index in [1.807, 2.05) is 6.26 Å². The van der Waals surface area contributed by atoms with Crippen LogP contribution in [-0.4, -0.2) is 64.9 Å². The lowest BCUT2D eigenvalue weighted by Crippen LogP contribution is -2.44. The molecule has 1 aromatic rings. The first kappa shape index (κ1) is 15.5. The van der Waals surface area contributed by atoms with Crippen molar-refractivity contribution >= 4 is 29.1 Å². The number of urea groups is 1. The van der Waals surface area contributed by atoms with Gasteiger partial charge in [-0.15, -0.1) is 10.2 Å². The molecule has 0 spiro atoms. The van der Waals surface area contributed by atoms with Crippen molar-refractivity contribution < 1.29 is 14.6 Å². The smallest absolute Gasteiger partial charge is 0.318 e. The Balaban J connectivity index is 1.87. The third-order valence-electron chi connectivity index (χ3n) is 3.03. The highest BCUT2D eigenvalue weighted by Crippen LogP contribution is 2.20. The van der Waals surface area contributed by atoms with Crippen LogP contribution in [0, 0.1) is 0 Å². The number of aromatic nitrogens is 2. The molecule has 0 bridgehead atoms. The van der Waals surface area contributed by atoms with Crippen molar-refractivity contribution in [2.24, 2.45) is 0 Å². The second-order valence-corrected chi connectivity index (χ2v) is 6.59.